The van der Waals surface area contributed by atoms with Gasteiger partial charge in [0.25, 0.3) is 0 Å². The molecule has 1 aromatic carbocycles. The first-order valence-corrected chi connectivity index (χ1v) is 4.30. The molecule has 0 heterocycles. The molecule has 0 atom stereocenters. The maximum Gasteiger partial charge on any atom is 0.347 e. The standard InChI is InChI=1S/C11H7F2NO2/c1-2-6-3-10(13)7(4-9(6)12)8(5-14)11(15)16/h2-4H,1H3,(H,15,16). The number of aliphatic carboxylic acids is 1. The Labute approximate surface area is 89.6 Å². The van der Waals surface area contributed by atoms with Gasteiger partial charge in [-0.3, -0.25) is 0 Å². The molecule has 0 radical (unpaired) electrons. The van der Waals surface area contributed by atoms with E-state index in [1.165, 1.54) is 19.1 Å². The zero-order valence-corrected chi connectivity index (χ0v) is 8.29. The second kappa shape index (κ2) is 4.53. The molecule has 0 aliphatic rings. The Morgan fingerprint density at radius 3 is 2.50 bits per heavy atom. The lowest BCUT2D eigenvalue weighted by Crippen LogP contribution is -2.22. The molecule has 16 heavy (non-hydrogen) atoms. The van der Waals surface area contributed by atoms with Gasteiger partial charge in [-0.25, -0.2) is 13.6 Å². The van der Waals surface area contributed by atoms with E-state index in [4.69, 9.17) is 10.4 Å². The smallest absolute Gasteiger partial charge is 0.347 e. The van der Waals surface area contributed by atoms with Gasteiger partial charge >= 0.3 is 5.97 Å². The second-order valence-electron chi connectivity index (χ2n) is 2.93. The molecule has 0 aliphatic carbocycles. The molecule has 5 heteroatoms. The van der Waals surface area contributed by atoms with Crippen molar-refractivity contribution in [1.29, 1.82) is 5.26 Å². The minimum absolute atomic E-state index is 0.0175. The summed E-state index contributed by atoms with van der Waals surface area (Å²) in [4.78, 5) is 10.6. The number of nitriles is 1. The number of rotatable bonds is 1. The summed E-state index contributed by atoms with van der Waals surface area (Å²) in [6.07, 6.45) is 1.34. The molecule has 1 aromatic rings. The van der Waals surface area contributed by atoms with Crippen molar-refractivity contribution < 1.29 is 18.7 Å². The van der Waals surface area contributed by atoms with E-state index < -0.39 is 28.4 Å². The zero-order valence-electron chi connectivity index (χ0n) is 8.29. The topological polar surface area (TPSA) is 61.1 Å². The molecule has 0 amide bonds. The molecule has 1 rings (SSSR count). The van der Waals surface area contributed by atoms with Crippen LogP contribution in [0.3, 0.4) is 0 Å². The van der Waals surface area contributed by atoms with E-state index in [1.54, 1.807) is 0 Å². The van der Waals surface area contributed by atoms with Crippen molar-refractivity contribution >= 4 is 17.6 Å². The van der Waals surface area contributed by atoms with Crippen molar-refractivity contribution in [2.45, 2.75) is 6.92 Å². The van der Waals surface area contributed by atoms with Crippen LogP contribution in [-0.2, 0) is 4.79 Å². The lowest BCUT2D eigenvalue weighted by molar-refractivity contribution is -0.130. The van der Waals surface area contributed by atoms with Crippen molar-refractivity contribution in [3.8, 4) is 6.07 Å². The molecule has 82 valence electrons. The molecule has 0 spiro atoms. The van der Waals surface area contributed by atoms with Crippen LogP contribution in [0.2, 0.25) is 0 Å². The summed E-state index contributed by atoms with van der Waals surface area (Å²) < 4.78 is 26.7. The third kappa shape index (κ3) is 2.06. The highest BCUT2D eigenvalue weighted by molar-refractivity contribution is 6.14. The van der Waals surface area contributed by atoms with Crippen LogP contribution >= 0.6 is 0 Å². The summed E-state index contributed by atoms with van der Waals surface area (Å²) in [7, 11) is 0. The van der Waals surface area contributed by atoms with Gasteiger partial charge in [0.1, 0.15) is 23.3 Å². The van der Waals surface area contributed by atoms with Crippen LogP contribution in [0, 0.1) is 23.0 Å². The van der Waals surface area contributed by atoms with Crippen molar-refractivity contribution in [1.82, 2.24) is 0 Å². The Kier molecular flexibility index (Phi) is 3.36. The average Bonchev–Trinajstić information content (AvgIpc) is 2.23. The Morgan fingerprint density at radius 1 is 1.44 bits per heavy atom. The molecule has 0 unspecified atom stereocenters. The number of hydrogen-bond acceptors (Lipinski definition) is 2. The summed E-state index contributed by atoms with van der Waals surface area (Å²) in [5.41, 5.74) is -0.820. The predicted molar refractivity (Wildman–Crippen MR) is 52.4 cm³/mol. The molecule has 0 aliphatic heterocycles. The number of nitrogens with zero attached hydrogens (tertiary/aromatic N) is 1. The van der Waals surface area contributed by atoms with Gasteiger partial charge in [0.05, 0.1) is 0 Å². The van der Waals surface area contributed by atoms with Crippen LogP contribution in [0.5, 0.6) is 0 Å². The van der Waals surface area contributed by atoms with Gasteiger partial charge in [0.2, 0.25) is 0 Å². The Bertz CT molecular complexity index is 600. The summed E-state index contributed by atoms with van der Waals surface area (Å²) >= 11 is 0. The van der Waals surface area contributed by atoms with E-state index in [-0.39, 0.29) is 5.22 Å². The highest BCUT2D eigenvalue weighted by atomic mass is 19.1. The Balaban J connectivity index is 3.80. The number of carboxylic acid groups (broad SMARTS) is 1. The largest absolute Gasteiger partial charge is 0.477 e. The van der Waals surface area contributed by atoms with Gasteiger partial charge in [0, 0.05) is 10.4 Å². The zero-order chi connectivity index (χ0) is 12.3. The van der Waals surface area contributed by atoms with Crippen LogP contribution in [0.15, 0.2) is 12.1 Å². The first-order valence-electron chi connectivity index (χ1n) is 4.30. The van der Waals surface area contributed by atoms with E-state index in [1.807, 2.05) is 0 Å². The SMILES string of the molecule is CC=c1cc(F)c(=C(C#N)C(=O)O)cc1F. The summed E-state index contributed by atoms with van der Waals surface area (Å²) in [5, 5.41) is 16.6. The molecular weight excluding hydrogens is 216 g/mol. The lowest BCUT2D eigenvalue weighted by atomic mass is 10.1. The van der Waals surface area contributed by atoms with Gasteiger partial charge < -0.3 is 5.11 Å². The fourth-order valence-electron chi connectivity index (χ4n) is 1.20. The van der Waals surface area contributed by atoms with Gasteiger partial charge in [-0.1, -0.05) is 6.08 Å². The first kappa shape index (κ1) is 11.9. The quantitative estimate of drug-likeness (QED) is 0.755. The van der Waals surface area contributed by atoms with Crippen LogP contribution in [0.1, 0.15) is 6.92 Å². The normalized spacial score (nSPS) is 13.2. The van der Waals surface area contributed by atoms with Crippen molar-refractivity contribution in [2.75, 3.05) is 0 Å². The maximum absolute atomic E-state index is 13.4. The lowest BCUT2D eigenvalue weighted by Gasteiger charge is -1.96. The Hall–Kier alpha value is -2.22. The molecule has 0 saturated heterocycles. The van der Waals surface area contributed by atoms with E-state index in [0.717, 1.165) is 6.07 Å². The molecule has 0 aromatic heterocycles. The number of benzene rings is 1. The molecule has 3 nitrogen and oxygen atoms in total. The fourth-order valence-corrected chi connectivity index (χ4v) is 1.20. The van der Waals surface area contributed by atoms with Gasteiger partial charge in [-0.05, 0) is 19.1 Å². The van der Waals surface area contributed by atoms with Gasteiger partial charge in [-0.15, -0.1) is 0 Å². The van der Waals surface area contributed by atoms with Crippen LogP contribution in [0.4, 0.5) is 8.78 Å². The monoisotopic (exact) mass is 223 g/mol. The third-order valence-corrected chi connectivity index (χ3v) is 1.99. The second-order valence-corrected chi connectivity index (χ2v) is 2.93. The number of hydrogen-bond donors (Lipinski definition) is 1. The first-order chi connectivity index (χ1) is 7.51. The summed E-state index contributed by atoms with van der Waals surface area (Å²) in [5.74, 6) is -3.30. The van der Waals surface area contributed by atoms with Crippen molar-refractivity contribution in [2.24, 2.45) is 0 Å². The summed E-state index contributed by atoms with van der Waals surface area (Å²) in [6, 6.07) is 2.88. The van der Waals surface area contributed by atoms with E-state index >= 15 is 0 Å². The fraction of sp³-hybridized carbons (Fsp3) is 0.0909. The van der Waals surface area contributed by atoms with Gasteiger partial charge in [-0.2, -0.15) is 5.26 Å². The highest BCUT2D eigenvalue weighted by Crippen LogP contribution is 1.95. The molecule has 0 saturated carbocycles. The average molecular weight is 223 g/mol. The molecule has 1 N–H and O–H groups in total. The minimum Gasteiger partial charge on any atom is -0.477 e. The minimum atomic E-state index is -1.59. The maximum atomic E-state index is 13.4. The highest BCUT2D eigenvalue weighted by Gasteiger charge is 2.11. The molecule has 0 fully saturated rings. The van der Waals surface area contributed by atoms with Crippen LogP contribution in [-0.4, -0.2) is 11.1 Å². The van der Waals surface area contributed by atoms with Crippen molar-refractivity contribution in [3.63, 3.8) is 0 Å². The molecular formula is C11H7F2NO2. The summed E-state index contributed by atoms with van der Waals surface area (Å²) in [6.45, 7) is 1.52. The van der Waals surface area contributed by atoms with Crippen LogP contribution in [0.25, 0.3) is 11.6 Å². The van der Waals surface area contributed by atoms with Crippen molar-refractivity contribution in [3.05, 3.63) is 34.2 Å². The third-order valence-electron chi connectivity index (χ3n) is 1.99. The predicted octanol–water partition coefficient (Wildman–Crippen LogP) is 0.524. The number of carboxylic acids is 1. The van der Waals surface area contributed by atoms with Crippen LogP contribution < -0.4 is 10.4 Å². The van der Waals surface area contributed by atoms with Gasteiger partial charge in [0.15, 0.2) is 0 Å². The number of halogens is 2. The van der Waals surface area contributed by atoms with E-state index in [0.29, 0.717) is 6.07 Å². The van der Waals surface area contributed by atoms with E-state index in [2.05, 4.69) is 0 Å². The van der Waals surface area contributed by atoms with E-state index in [9.17, 15) is 13.6 Å². The Morgan fingerprint density at radius 2 is 2.06 bits per heavy atom. The molecule has 0 bridgehead atoms. The number of carbonyl (C=O) groups is 1.